The fraction of sp³-hybridized carbons (Fsp3) is 0.654. The van der Waals surface area contributed by atoms with E-state index in [1.807, 2.05) is 6.07 Å². The number of nitrogens with two attached hydrogens (primary N) is 1. The summed E-state index contributed by atoms with van der Waals surface area (Å²) < 4.78 is 26.8. The summed E-state index contributed by atoms with van der Waals surface area (Å²) in [5.41, 5.74) is 5.34. The smallest absolute Gasteiger partial charge is 0.262 e. The Balaban J connectivity index is 1.62. The zero-order valence-corrected chi connectivity index (χ0v) is 20.1. The maximum absolute atomic E-state index is 15.7. The van der Waals surface area contributed by atoms with E-state index in [2.05, 4.69) is 19.9 Å². The first-order chi connectivity index (χ1) is 16.2. The number of carbonyl (C=O) groups excluding carboxylic acids is 1. The highest BCUT2D eigenvalue weighted by Gasteiger charge is 2.68. The second kappa shape index (κ2) is 8.03. The number of rotatable bonds is 3. The van der Waals surface area contributed by atoms with Crippen molar-refractivity contribution in [1.82, 2.24) is 4.90 Å². The summed E-state index contributed by atoms with van der Waals surface area (Å²) in [6.07, 6.45) is 2.67. The molecule has 1 saturated heterocycles. The fourth-order valence-corrected chi connectivity index (χ4v) is 7.36. The van der Waals surface area contributed by atoms with Crippen LogP contribution < -0.4 is 5.73 Å². The van der Waals surface area contributed by atoms with Gasteiger partial charge in [-0.2, -0.15) is 5.26 Å². The van der Waals surface area contributed by atoms with Gasteiger partial charge in [-0.05, 0) is 54.4 Å². The van der Waals surface area contributed by atoms with E-state index in [1.165, 1.54) is 4.90 Å². The lowest BCUT2D eigenvalue weighted by Gasteiger charge is -2.50. The molecule has 0 radical (unpaired) electrons. The van der Waals surface area contributed by atoms with Gasteiger partial charge in [0.05, 0.1) is 24.3 Å². The number of hydrogen-bond donors (Lipinski definition) is 1. The summed E-state index contributed by atoms with van der Waals surface area (Å²) >= 11 is 0. The number of nitrogens with zero attached hydrogens (tertiary/aromatic N) is 3. The molecule has 1 saturated carbocycles. The van der Waals surface area contributed by atoms with Crippen LogP contribution in [0, 0.1) is 28.6 Å². The van der Waals surface area contributed by atoms with E-state index in [-0.39, 0.29) is 49.2 Å². The van der Waals surface area contributed by atoms with E-state index in [0.717, 1.165) is 24.0 Å². The molecule has 2 aliphatic carbocycles. The van der Waals surface area contributed by atoms with Crippen molar-refractivity contribution in [2.24, 2.45) is 28.0 Å². The average Bonchev–Trinajstić information content (AvgIpc) is 3.19. The standard InChI is InChI=1S/C26H33FN4O3/c1-16-11-24(12-17(2)21(16)33-3)13-19-5-4-18(14-28)10-20(19)26(24)22(32)31(23(29)30-26)15-25(27)6-8-34-9-7-25/h4-5,10,16-17,21H,6-9,11-13,15H2,1-3H3,(H2,29,30)/t16-,17+,21+,24+,26-/m1/s1. The molecule has 8 heteroatoms. The molecule has 2 aliphatic heterocycles. The average molecular weight is 469 g/mol. The van der Waals surface area contributed by atoms with Gasteiger partial charge in [-0.15, -0.1) is 0 Å². The Morgan fingerprint density at radius 1 is 1.29 bits per heavy atom. The number of nitriles is 1. The van der Waals surface area contributed by atoms with Crippen molar-refractivity contribution in [3.8, 4) is 6.07 Å². The van der Waals surface area contributed by atoms with Crippen LogP contribution in [0.1, 0.15) is 56.2 Å². The molecule has 0 aromatic heterocycles. The summed E-state index contributed by atoms with van der Waals surface area (Å²) in [7, 11) is 1.74. The molecule has 7 nitrogen and oxygen atoms in total. The maximum Gasteiger partial charge on any atom is 0.262 e. The molecule has 182 valence electrons. The molecular weight excluding hydrogens is 435 g/mol. The molecule has 2 spiro atoms. The zero-order valence-electron chi connectivity index (χ0n) is 20.1. The van der Waals surface area contributed by atoms with E-state index in [4.69, 9.17) is 20.2 Å². The van der Waals surface area contributed by atoms with E-state index >= 15 is 4.39 Å². The second-order valence-corrected chi connectivity index (χ2v) is 10.8. The second-order valence-electron chi connectivity index (χ2n) is 10.8. The Labute approximate surface area is 200 Å². The van der Waals surface area contributed by atoms with E-state index in [9.17, 15) is 10.1 Å². The minimum absolute atomic E-state index is 0.0669. The molecule has 34 heavy (non-hydrogen) atoms. The van der Waals surface area contributed by atoms with E-state index < -0.39 is 16.6 Å². The van der Waals surface area contributed by atoms with Crippen LogP contribution in [0.3, 0.4) is 0 Å². The van der Waals surface area contributed by atoms with Crippen LogP contribution in [0.15, 0.2) is 23.2 Å². The van der Waals surface area contributed by atoms with Crippen LogP contribution in [-0.2, 0) is 26.2 Å². The molecule has 1 amide bonds. The van der Waals surface area contributed by atoms with Gasteiger partial charge in [0.2, 0.25) is 0 Å². The third kappa shape index (κ3) is 3.20. The van der Waals surface area contributed by atoms with Crippen LogP contribution in [0.25, 0.3) is 0 Å². The maximum atomic E-state index is 15.7. The van der Waals surface area contributed by atoms with Crippen molar-refractivity contribution in [1.29, 1.82) is 5.26 Å². The number of methoxy groups -OCH3 is 1. The minimum atomic E-state index is -1.56. The van der Waals surface area contributed by atoms with Crippen LogP contribution in [0.4, 0.5) is 4.39 Å². The predicted molar refractivity (Wildman–Crippen MR) is 125 cm³/mol. The molecule has 2 N–H and O–H groups in total. The number of ether oxygens (including phenoxy) is 2. The van der Waals surface area contributed by atoms with Gasteiger partial charge in [0.1, 0.15) is 5.67 Å². The number of alkyl halides is 1. The Kier molecular flexibility index (Phi) is 5.49. The van der Waals surface area contributed by atoms with Gasteiger partial charge in [0.15, 0.2) is 11.5 Å². The SMILES string of the molecule is CO[C@H]1[C@H](C)C[C@@]2(Cc3ccc(C#N)cc3[C@]23N=C(N)N(CC2(F)CCOCC2)C3=O)C[C@@H]1C. The lowest BCUT2D eigenvalue weighted by atomic mass is 9.56. The summed E-state index contributed by atoms with van der Waals surface area (Å²) in [6.45, 7) is 4.85. The van der Waals surface area contributed by atoms with Crippen molar-refractivity contribution in [2.75, 3.05) is 26.9 Å². The highest BCUT2D eigenvalue weighted by molar-refractivity contribution is 6.08. The molecule has 1 aromatic rings. The van der Waals surface area contributed by atoms with Gasteiger partial charge in [-0.25, -0.2) is 9.38 Å². The van der Waals surface area contributed by atoms with Gasteiger partial charge >= 0.3 is 0 Å². The lowest BCUT2D eigenvalue weighted by Crippen LogP contribution is -2.57. The highest BCUT2D eigenvalue weighted by Crippen LogP contribution is 2.63. The van der Waals surface area contributed by atoms with Crippen molar-refractivity contribution in [2.45, 2.75) is 63.3 Å². The molecule has 0 bridgehead atoms. The van der Waals surface area contributed by atoms with Crippen LogP contribution in [0.5, 0.6) is 0 Å². The summed E-state index contributed by atoms with van der Waals surface area (Å²) in [6, 6.07) is 7.73. The molecule has 1 aromatic carbocycles. The molecule has 2 heterocycles. The molecule has 5 rings (SSSR count). The number of guanidine groups is 1. The third-order valence-electron chi connectivity index (χ3n) is 8.69. The Morgan fingerprint density at radius 2 is 1.97 bits per heavy atom. The number of carbonyl (C=O) groups is 1. The largest absolute Gasteiger partial charge is 0.381 e. The normalized spacial score (nSPS) is 36.6. The Hall–Kier alpha value is -2.50. The number of amides is 1. The van der Waals surface area contributed by atoms with Crippen molar-refractivity contribution < 1.29 is 18.7 Å². The fourth-order valence-electron chi connectivity index (χ4n) is 7.36. The molecule has 0 unspecified atom stereocenters. The van der Waals surface area contributed by atoms with E-state index in [0.29, 0.717) is 25.2 Å². The van der Waals surface area contributed by atoms with Crippen molar-refractivity contribution in [3.05, 3.63) is 34.9 Å². The minimum Gasteiger partial charge on any atom is -0.381 e. The van der Waals surface area contributed by atoms with Gasteiger partial charge < -0.3 is 15.2 Å². The summed E-state index contributed by atoms with van der Waals surface area (Å²) in [5, 5.41) is 9.59. The number of hydrogen-bond acceptors (Lipinski definition) is 6. The van der Waals surface area contributed by atoms with Gasteiger partial charge in [0, 0.05) is 38.6 Å². The first-order valence-corrected chi connectivity index (χ1v) is 12.2. The van der Waals surface area contributed by atoms with Crippen molar-refractivity contribution in [3.63, 3.8) is 0 Å². The van der Waals surface area contributed by atoms with Crippen LogP contribution in [-0.4, -0.2) is 55.4 Å². The number of halogens is 1. The topological polar surface area (TPSA) is 101 Å². The Morgan fingerprint density at radius 3 is 2.59 bits per heavy atom. The molecule has 5 atom stereocenters. The Bertz CT molecular complexity index is 1060. The predicted octanol–water partition coefficient (Wildman–Crippen LogP) is 3.05. The van der Waals surface area contributed by atoms with Crippen LogP contribution >= 0.6 is 0 Å². The highest BCUT2D eigenvalue weighted by atomic mass is 19.1. The number of benzene rings is 1. The van der Waals surface area contributed by atoms with Gasteiger partial charge in [-0.3, -0.25) is 9.69 Å². The summed E-state index contributed by atoms with van der Waals surface area (Å²) in [5.74, 6) is 0.211. The van der Waals surface area contributed by atoms with Crippen molar-refractivity contribution >= 4 is 11.9 Å². The third-order valence-corrected chi connectivity index (χ3v) is 8.69. The van der Waals surface area contributed by atoms with Gasteiger partial charge in [0.25, 0.3) is 5.91 Å². The monoisotopic (exact) mass is 468 g/mol. The summed E-state index contributed by atoms with van der Waals surface area (Å²) in [4.78, 5) is 20.7. The number of fused-ring (bicyclic) bond motifs is 3. The lowest BCUT2D eigenvalue weighted by molar-refractivity contribution is -0.144. The zero-order chi connectivity index (χ0) is 24.3. The van der Waals surface area contributed by atoms with Gasteiger partial charge in [-0.1, -0.05) is 19.9 Å². The quantitative estimate of drug-likeness (QED) is 0.735. The van der Waals surface area contributed by atoms with Crippen LogP contribution in [0.2, 0.25) is 0 Å². The molecule has 2 fully saturated rings. The first kappa shape index (κ1) is 23.3. The number of aliphatic imine (C=N–C) groups is 1. The van der Waals surface area contributed by atoms with E-state index in [1.54, 1.807) is 19.2 Å². The molecule has 4 aliphatic rings. The molecular formula is C26H33FN4O3. The first-order valence-electron chi connectivity index (χ1n) is 12.2.